The normalized spacial score (nSPS) is 23.7. The summed E-state index contributed by atoms with van der Waals surface area (Å²) in [6.07, 6.45) is 2.47. The quantitative estimate of drug-likeness (QED) is 0.813. The molecule has 0 radical (unpaired) electrons. The number of amides is 1. The van der Waals surface area contributed by atoms with E-state index in [9.17, 15) is 13.6 Å². The number of carbonyl (C=O) groups is 1. The Hall–Kier alpha value is -1.16. The van der Waals surface area contributed by atoms with Crippen LogP contribution < -0.4 is 5.32 Å². The number of hydrogen-bond acceptors (Lipinski definition) is 1. The second kappa shape index (κ2) is 5.00. The van der Waals surface area contributed by atoms with Crippen molar-refractivity contribution in [1.29, 1.82) is 0 Å². The molecule has 1 saturated carbocycles. The zero-order valence-electron chi connectivity index (χ0n) is 9.05. The highest BCUT2D eigenvalue weighted by Crippen LogP contribution is 2.24. The van der Waals surface area contributed by atoms with Crippen molar-refractivity contribution < 1.29 is 13.6 Å². The van der Waals surface area contributed by atoms with Crippen LogP contribution in [0.1, 0.15) is 29.6 Å². The van der Waals surface area contributed by atoms with Gasteiger partial charge in [-0.25, -0.2) is 8.78 Å². The molecule has 0 spiro atoms. The number of nitrogens with one attached hydrogen (secondary N) is 1. The fourth-order valence-corrected chi connectivity index (χ4v) is 2.38. The smallest absolute Gasteiger partial charge is 0.257 e. The van der Waals surface area contributed by atoms with Gasteiger partial charge in [-0.15, -0.1) is 11.6 Å². The van der Waals surface area contributed by atoms with E-state index < -0.39 is 23.1 Å². The van der Waals surface area contributed by atoms with Crippen molar-refractivity contribution in [2.24, 2.45) is 0 Å². The number of halogens is 3. The minimum atomic E-state index is -0.855. The highest BCUT2D eigenvalue weighted by molar-refractivity contribution is 6.21. The molecule has 0 aromatic heterocycles. The lowest BCUT2D eigenvalue weighted by molar-refractivity contribution is 0.0930. The van der Waals surface area contributed by atoms with Crippen molar-refractivity contribution in [3.05, 3.63) is 35.4 Å². The maximum atomic E-state index is 13.3. The zero-order valence-corrected chi connectivity index (χ0v) is 9.81. The Balaban J connectivity index is 2.14. The van der Waals surface area contributed by atoms with Gasteiger partial charge in [-0.3, -0.25) is 4.79 Å². The molecule has 2 rings (SSSR count). The Morgan fingerprint density at radius 2 is 1.94 bits per heavy atom. The summed E-state index contributed by atoms with van der Waals surface area (Å²) in [6.45, 7) is 0. The van der Waals surface area contributed by atoms with Crippen molar-refractivity contribution >= 4 is 17.5 Å². The highest BCUT2D eigenvalue weighted by atomic mass is 35.5. The third-order valence-electron chi connectivity index (χ3n) is 2.94. The van der Waals surface area contributed by atoms with Gasteiger partial charge in [-0.2, -0.15) is 0 Å². The maximum absolute atomic E-state index is 13.3. The van der Waals surface area contributed by atoms with Gasteiger partial charge in [0, 0.05) is 6.04 Å². The van der Waals surface area contributed by atoms with E-state index in [0.717, 1.165) is 31.4 Å². The molecule has 1 fully saturated rings. The average Bonchev–Trinajstić information content (AvgIpc) is 2.64. The molecule has 5 heteroatoms. The van der Waals surface area contributed by atoms with E-state index in [-0.39, 0.29) is 11.4 Å². The zero-order chi connectivity index (χ0) is 12.4. The Morgan fingerprint density at radius 1 is 1.29 bits per heavy atom. The SMILES string of the molecule is O=C(NC1CCCC1Cl)c1c(F)cccc1F. The third kappa shape index (κ3) is 2.57. The van der Waals surface area contributed by atoms with Crippen molar-refractivity contribution in [3.63, 3.8) is 0 Å². The van der Waals surface area contributed by atoms with Crippen LogP contribution in [0.15, 0.2) is 18.2 Å². The van der Waals surface area contributed by atoms with Gasteiger partial charge in [-0.05, 0) is 31.4 Å². The minimum Gasteiger partial charge on any atom is -0.348 e. The molecular weight excluding hydrogens is 248 g/mol. The van der Waals surface area contributed by atoms with E-state index in [0.29, 0.717) is 0 Å². The fourth-order valence-electron chi connectivity index (χ4n) is 2.03. The van der Waals surface area contributed by atoms with Gasteiger partial charge in [0.25, 0.3) is 5.91 Å². The predicted molar refractivity (Wildman–Crippen MR) is 61.1 cm³/mol. The molecule has 0 aliphatic heterocycles. The van der Waals surface area contributed by atoms with E-state index in [1.165, 1.54) is 6.07 Å². The summed E-state index contributed by atoms with van der Waals surface area (Å²) in [7, 11) is 0. The summed E-state index contributed by atoms with van der Waals surface area (Å²) in [4.78, 5) is 11.7. The van der Waals surface area contributed by atoms with Crippen LogP contribution in [0.25, 0.3) is 0 Å². The van der Waals surface area contributed by atoms with Crippen molar-refractivity contribution in [2.45, 2.75) is 30.7 Å². The van der Waals surface area contributed by atoms with Gasteiger partial charge in [-0.1, -0.05) is 6.07 Å². The monoisotopic (exact) mass is 259 g/mol. The Kier molecular flexibility index (Phi) is 3.62. The van der Waals surface area contributed by atoms with Gasteiger partial charge in [0.15, 0.2) is 0 Å². The second-order valence-electron chi connectivity index (χ2n) is 4.12. The lowest BCUT2D eigenvalue weighted by Gasteiger charge is -2.16. The molecule has 1 N–H and O–H groups in total. The molecule has 2 unspecified atom stereocenters. The Bertz CT molecular complexity index is 418. The van der Waals surface area contributed by atoms with Crippen molar-refractivity contribution in [2.75, 3.05) is 0 Å². The summed E-state index contributed by atoms with van der Waals surface area (Å²) in [5.74, 6) is -2.45. The first-order chi connectivity index (χ1) is 8.09. The minimum absolute atomic E-state index is 0.159. The summed E-state index contributed by atoms with van der Waals surface area (Å²) in [5.41, 5.74) is -0.539. The first-order valence-corrected chi connectivity index (χ1v) is 5.92. The number of carbonyl (C=O) groups excluding carboxylic acids is 1. The van der Waals surface area contributed by atoms with E-state index in [4.69, 9.17) is 11.6 Å². The first kappa shape index (κ1) is 12.3. The van der Waals surface area contributed by atoms with E-state index in [1.54, 1.807) is 0 Å². The van der Waals surface area contributed by atoms with Crippen LogP contribution >= 0.6 is 11.6 Å². The van der Waals surface area contributed by atoms with Gasteiger partial charge in [0.05, 0.1) is 5.38 Å². The van der Waals surface area contributed by atoms with Gasteiger partial charge < -0.3 is 5.32 Å². The van der Waals surface area contributed by atoms with E-state index in [1.807, 2.05) is 0 Å². The van der Waals surface area contributed by atoms with Gasteiger partial charge in [0.2, 0.25) is 0 Å². The van der Waals surface area contributed by atoms with Crippen LogP contribution in [0.4, 0.5) is 8.78 Å². The fraction of sp³-hybridized carbons (Fsp3) is 0.417. The molecule has 92 valence electrons. The third-order valence-corrected chi connectivity index (χ3v) is 3.46. The van der Waals surface area contributed by atoms with E-state index in [2.05, 4.69) is 5.32 Å². The molecule has 1 aliphatic carbocycles. The molecule has 0 saturated heterocycles. The molecule has 1 aliphatic rings. The Labute approximate surface area is 103 Å². The van der Waals surface area contributed by atoms with Crippen LogP contribution in [-0.4, -0.2) is 17.3 Å². The number of rotatable bonds is 2. The largest absolute Gasteiger partial charge is 0.348 e. The van der Waals surface area contributed by atoms with E-state index >= 15 is 0 Å². The molecule has 1 aromatic rings. The first-order valence-electron chi connectivity index (χ1n) is 5.48. The van der Waals surface area contributed by atoms with Crippen LogP contribution in [0.5, 0.6) is 0 Å². The topological polar surface area (TPSA) is 29.1 Å². The molecule has 1 amide bonds. The summed E-state index contributed by atoms with van der Waals surface area (Å²) in [5, 5.41) is 2.42. The number of hydrogen-bond donors (Lipinski definition) is 1. The standard InChI is InChI=1S/C12H12ClF2NO/c13-7-3-1-6-10(7)16-12(17)11-8(14)4-2-5-9(11)15/h2,4-5,7,10H,1,3,6H2,(H,16,17). The molecule has 0 bridgehead atoms. The average molecular weight is 260 g/mol. The van der Waals surface area contributed by atoms with Crippen LogP contribution in [0.3, 0.4) is 0 Å². The van der Waals surface area contributed by atoms with Crippen LogP contribution in [0.2, 0.25) is 0 Å². The molecule has 0 heterocycles. The van der Waals surface area contributed by atoms with Crippen LogP contribution in [0, 0.1) is 11.6 Å². The molecule has 2 nitrogen and oxygen atoms in total. The Morgan fingerprint density at radius 3 is 2.47 bits per heavy atom. The second-order valence-corrected chi connectivity index (χ2v) is 4.68. The summed E-state index contributed by atoms with van der Waals surface area (Å²) >= 11 is 5.99. The maximum Gasteiger partial charge on any atom is 0.257 e. The predicted octanol–water partition coefficient (Wildman–Crippen LogP) is 2.85. The molecule has 2 atom stereocenters. The van der Waals surface area contributed by atoms with Crippen molar-refractivity contribution in [3.8, 4) is 0 Å². The lowest BCUT2D eigenvalue weighted by atomic mass is 10.1. The highest BCUT2D eigenvalue weighted by Gasteiger charge is 2.28. The molecule has 1 aromatic carbocycles. The summed E-state index contributed by atoms with van der Waals surface area (Å²) < 4.78 is 26.7. The number of benzene rings is 1. The van der Waals surface area contributed by atoms with Crippen molar-refractivity contribution in [1.82, 2.24) is 5.32 Å². The van der Waals surface area contributed by atoms with Crippen LogP contribution in [-0.2, 0) is 0 Å². The van der Waals surface area contributed by atoms with Gasteiger partial charge >= 0.3 is 0 Å². The van der Waals surface area contributed by atoms with Gasteiger partial charge in [0.1, 0.15) is 17.2 Å². The molecular formula is C12H12ClF2NO. The summed E-state index contributed by atoms with van der Waals surface area (Å²) in [6, 6.07) is 3.14. The number of alkyl halides is 1. The lowest BCUT2D eigenvalue weighted by Crippen LogP contribution is -2.38. The molecule has 17 heavy (non-hydrogen) atoms.